The Kier molecular flexibility index (Phi) is 6.15. The minimum absolute atomic E-state index is 0.0207. The van der Waals surface area contributed by atoms with Gasteiger partial charge in [0.2, 0.25) is 5.91 Å². The lowest BCUT2D eigenvalue weighted by molar-refractivity contribution is -0.126. The summed E-state index contributed by atoms with van der Waals surface area (Å²) < 4.78 is 5.45. The number of benzene rings is 2. The van der Waals surface area contributed by atoms with Crippen molar-refractivity contribution in [3.05, 3.63) is 72.8 Å². The summed E-state index contributed by atoms with van der Waals surface area (Å²) in [6, 6.07) is 14.8. The van der Waals surface area contributed by atoms with Crippen LogP contribution >= 0.6 is 0 Å². The molecule has 1 aliphatic heterocycles. The zero-order valence-corrected chi connectivity index (χ0v) is 15.3. The zero-order valence-electron chi connectivity index (χ0n) is 15.3. The van der Waals surface area contributed by atoms with E-state index in [4.69, 9.17) is 4.74 Å². The molecule has 1 amide bonds. The summed E-state index contributed by atoms with van der Waals surface area (Å²) in [6.45, 7) is 7.01. The molecule has 140 valence electrons. The number of phenolic OH excluding ortho intramolecular Hbond substituents is 1. The number of phenols is 1. The summed E-state index contributed by atoms with van der Waals surface area (Å²) in [6.07, 6.45) is 5.15. The highest BCUT2D eigenvalue weighted by Crippen LogP contribution is 2.20. The van der Waals surface area contributed by atoms with Gasteiger partial charge in [-0.1, -0.05) is 24.8 Å². The van der Waals surface area contributed by atoms with Crippen LogP contribution in [0.2, 0.25) is 0 Å². The Morgan fingerprint density at radius 3 is 2.33 bits per heavy atom. The Balaban J connectivity index is 1.51. The Morgan fingerprint density at radius 1 is 1.04 bits per heavy atom. The predicted molar refractivity (Wildman–Crippen MR) is 108 cm³/mol. The number of ether oxygens (including phenoxy) is 1. The highest BCUT2D eigenvalue weighted by molar-refractivity contribution is 5.92. The Bertz CT molecular complexity index is 789. The van der Waals surface area contributed by atoms with Gasteiger partial charge in [-0.3, -0.25) is 4.79 Å². The lowest BCUT2D eigenvalue weighted by Gasteiger charge is -2.35. The highest BCUT2D eigenvalue weighted by Gasteiger charge is 2.19. The van der Waals surface area contributed by atoms with Crippen molar-refractivity contribution in [3.63, 3.8) is 0 Å². The SMILES string of the molecule is C=CCOc1ccc(/C=C/C(=O)N2CCN(c3ccc(O)cc3)CC2)cc1. The van der Waals surface area contributed by atoms with Crippen LogP contribution in [0.5, 0.6) is 11.5 Å². The van der Waals surface area contributed by atoms with Gasteiger partial charge in [-0.15, -0.1) is 0 Å². The molecular weight excluding hydrogens is 340 g/mol. The number of amides is 1. The normalized spacial score (nSPS) is 14.4. The predicted octanol–water partition coefficient (Wildman–Crippen LogP) is 3.32. The van der Waals surface area contributed by atoms with Crippen LogP contribution in [0.25, 0.3) is 6.08 Å². The molecule has 0 aromatic heterocycles. The fourth-order valence-electron chi connectivity index (χ4n) is 2.95. The lowest BCUT2D eigenvalue weighted by atomic mass is 10.2. The maximum absolute atomic E-state index is 12.4. The molecule has 27 heavy (non-hydrogen) atoms. The molecule has 0 unspecified atom stereocenters. The van der Waals surface area contributed by atoms with Crippen LogP contribution in [-0.4, -0.2) is 48.7 Å². The van der Waals surface area contributed by atoms with Gasteiger partial charge in [0.15, 0.2) is 0 Å². The molecule has 0 aliphatic carbocycles. The molecule has 5 heteroatoms. The number of anilines is 1. The number of piperazine rings is 1. The number of hydrogen-bond acceptors (Lipinski definition) is 4. The second-order valence-electron chi connectivity index (χ2n) is 6.33. The Labute approximate surface area is 159 Å². The molecule has 0 atom stereocenters. The largest absolute Gasteiger partial charge is 0.508 e. The van der Waals surface area contributed by atoms with Gasteiger partial charge in [-0.25, -0.2) is 0 Å². The minimum atomic E-state index is 0.0207. The molecule has 0 saturated carbocycles. The van der Waals surface area contributed by atoms with Crippen molar-refractivity contribution < 1.29 is 14.6 Å². The van der Waals surface area contributed by atoms with Crippen molar-refractivity contribution in [1.29, 1.82) is 0 Å². The van der Waals surface area contributed by atoms with Gasteiger partial charge in [0.25, 0.3) is 0 Å². The Morgan fingerprint density at radius 2 is 1.70 bits per heavy atom. The number of aromatic hydroxyl groups is 1. The quantitative estimate of drug-likeness (QED) is 0.631. The van der Waals surface area contributed by atoms with Crippen LogP contribution in [0.1, 0.15) is 5.56 Å². The summed E-state index contributed by atoms with van der Waals surface area (Å²) in [5, 5.41) is 9.39. The molecular formula is C22H24N2O3. The average molecular weight is 364 g/mol. The van der Waals surface area contributed by atoms with Crippen molar-refractivity contribution in [2.75, 3.05) is 37.7 Å². The summed E-state index contributed by atoms with van der Waals surface area (Å²) >= 11 is 0. The second kappa shape index (κ2) is 8.94. The third-order valence-corrected chi connectivity index (χ3v) is 4.47. The molecule has 1 heterocycles. The van der Waals surface area contributed by atoms with Gasteiger partial charge >= 0.3 is 0 Å². The van der Waals surface area contributed by atoms with E-state index in [1.54, 1.807) is 24.3 Å². The molecule has 1 aliphatic rings. The van der Waals surface area contributed by atoms with E-state index in [1.165, 1.54) is 0 Å². The topological polar surface area (TPSA) is 53.0 Å². The first-order chi connectivity index (χ1) is 13.2. The summed E-state index contributed by atoms with van der Waals surface area (Å²) in [4.78, 5) is 16.5. The maximum Gasteiger partial charge on any atom is 0.246 e. The van der Waals surface area contributed by atoms with E-state index in [0.29, 0.717) is 19.7 Å². The van der Waals surface area contributed by atoms with E-state index in [2.05, 4.69) is 11.5 Å². The molecule has 1 saturated heterocycles. The van der Waals surface area contributed by atoms with Crippen LogP contribution in [0.3, 0.4) is 0 Å². The van der Waals surface area contributed by atoms with Crippen molar-refractivity contribution in [2.45, 2.75) is 0 Å². The van der Waals surface area contributed by atoms with Crippen molar-refractivity contribution in [3.8, 4) is 11.5 Å². The Hall–Kier alpha value is -3.21. The third kappa shape index (κ3) is 5.14. The van der Waals surface area contributed by atoms with Crippen molar-refractivity contribution >= 4 is 17.7 Å². The first kappa shape index (κ1) is 18.6. The summed E-state index contributed by atoms with van der Waals surface area (Å²) in [7, 11) is 0. The molecule has 2 aromatic carbocycles. The molecule has 3 rings (SSSR count). The smallest absolute Gasteiger partial charge is 0.246 e. The molecule has 0 bridgehead atoms. The third-order valence-electron chi connectivity index (χ3n) is 4.47. The summed E-state index contributed by atoms with van der Waals surface area (Å²) in [5.41, 5.74) is 2.02. The summed E-state index contributed by atoms with van der Waals surface area (Å²) in [5.74, 6) is 1.06. The molecule has 1 fully saturated rings. The van der Waals surface area contributed by atoms with Gasteiger partial charge in [0, 0.05) is 37.9 Å². The molecule has 2 aromatic rings. The van der Waals surface area contributed by atoms with E-state index < -0.39 is 0 Å². The fourth-order valence-corrected chi connectivity index (χ4v) is 2.95. The van der Waals surface area contributed by atoms with E-state index in [0.717, 1.165) is 30.1 Å². The zero-order chi connectivity index (χ0) is 19.1. The lowest BCUT2D eigenvalue weighted by Crippen LogP contribution is -2.48. The first-order valence-electron chi connectivity index (χ1n) is 9.00. The van der Waals surface area contributed by atoms with E-state index in [-0.39, 0.29) is 11.7 Å². The molecule has 5 nitrogen and oxygen atoms in total. The number of carbonyl (C=O) groups excluding carboxylic acids is 1. The van der Waals surface area contributed by atoms with Gasteiger partial charge in [-0.2, -0.15) is 0 Å². The molecule has 0 radical (unpaired) electrons. The number of rotatable bonds is 6. The van der Waals surface area contributed by atoms with Gasteiger partial charge in [0.1, 0.15) is 18.1 Å². The average Bonchev–Trinajstić information content (AvgIpc) is 2.72. The maximum atomic E-state index is 12.4. The van der Waals surface area contributed by atoms with Gasteiger partial charge in [0.05, 0.1) is 0 Å². The van der Waals surface area contributed by atoms with E-state index >= 15 is 0 Å². The van der Waals surface area contributed by atoms with Gasteiger partial charge < -0.3 is 19.6 Å². The number of hydrogen-bond donors (Lipinski definition) is 1. The first-order valence-corrected chi connectivity index (χ1v) is 9.00. The van der Waals surface area contributed by atoms with Crippen LogP contribution in [0, 0.1) is 0 Å². The van der Waals surface area contributed by atoms with Crippen LogP contribution in [0.15, 0.2) is 67.3 Å². The van der Waals surface area contributed by atoms with E-state index in [1.807, 2.05) is 47.4 Å². The molecule has 1 N–H and O–H groups in total. The number of nitrogens with zero attached hydrogens (tertiary/aromatic N) is 2. The monoisotopic (exact) mass is 364 g/mol. The van der Waals surface area contributed by atoms with Gasteiger partial charge in [-0.05, 0) is 48.0 Å². The minimum Gasteiger partial charge on any atom is -0.508 e. The van der Waals surface area contributed by atoms with Crippen LogP contribution in [-0.2, 0) is 4.79 Å². The fraction of sp³-hybridized carbons (Fsp3) is 0.227. The van der Waals surface area contributed by atoms with Crippen LogP contribution < -0.4 is 9.64 Å². The van der Waals surface area contributed by atoms with E-state index in [9.17, 15) is 9.90 Å². The van der Waals surface area contributed by atoms with Crippen molar-refractivity contribution in [1.82, 2.24) is 4.90 Å². The molecule has 0 spiro atoms. The standard InChI is InChI=1S/C22H24N2O3/c1-2-17-27-21-10-3-18(4-11-21)5-12-22(26)24-15-13-23(14-16-24)19-6-8-20(25)9-7-19/h2-12,25H,1,13-17H2/b12-5+. The number of carbonyl (C=O) groups is 1. The van der Waals surface area contributed by atoms with Crippen molar-refractivity contribution in [2.24, 2.45) is 0 Å². The second-order valence-corrected chi connectivity index (χ2v) is 6.33. The van der Waals surface area contributed by atoms with Crippen LogP contribution in [0.4, 0.5) is 5.69 Å². The highest BCUT2D eigenvalue weighted by atomic mass is 16.5.